The Morgan fingerprint density at radius 3 is 2.31 bits per heavy atom. The van der Waals surface area contributed by atoms with Crippen molar-refractivity contribution in [1.82, 2.24) is 4.57 Å². The molecule has 0 N–H and O–H groups in total. The van der Waals surface area contributed by atoms with Crippen molar-refractivity contribution in [3.8, 4) is 0 Å². The first-order chi connectivity index (χ1) is 12.7. The molecule has 0 radical (unpaired) electrons. The molecular formula is C24H35NO. The van der Waals surface area contributed by atoms with Crippen molar-refractivity contribution in [3.63, 3.8) is 0 Å². The van der Waals surface area contributed by atoms with E-state index in [1.165, 1.54) is 51.4 Å². The number of unbranched alkanes of at least 4 members (excludes halogenated alkanes) is 8. The van der Waals surface area contributed by atoms with Gasteiger partial charge in [-0.05, 0) is 44.2 Å². The summed E-state index contributed by atoms with van der Waals surface area (Å²) in [6.07, 6.45) is 18.6. The van der Waals surface area contributed by atoms with Crippen LogP contribution in [0, 0.1) is 0 Å². The minimum atomic E-state index is 0.142. The van der Waals surface area contributed by atoms with E-state index in [1.807, 2.05) is 30.3 Å². The first-order valence-corrected chi connectivity index (χ1v) is 10.5. The van der Waals surface area contributed by atoms with Crippen LogP contribution in [0.4, 0.5) is 0 Å². The molecule has 1 aromatic heterocycles. The molecular weight excluding hydrogens is 318 g/mol. The SMILES string of the molecule is CCCCCCCCC/C=C\CCCc1cc(=O)c2ccccc2n1C. The third-order valence-electron chi connectivity index (χ3n) is 5.20. The Balaban J connectivity index is 1.66. The number of benzene rings is 1. The highest BCUT2D eigenvalue weighted by Crippen LogP contribution is 2.13. The molecule has 1 aromatic carbocycles. The summed E-state index contributed by atoms with van der Waals surface area (Å²) in [6, 6.07) is 9.68. The zero-order valence-corrected chi connectivity index (χ0v) is 16.7. The van der Waals surface area contributed by atoms with Crippen LogP contribution in [0.25, 0.3) is 10.9 Å². The molecule has 142 valence electrons. The smallest absolute Gasteiger partial charge is 0.189 e. The fraction of sp³-hybridized carbons (Fsp3) is 0.542. The molecule has 0 atom stereocenters. The minimum Gasteiger partial charge on any atom is -0.347 e. The molecule has 26 heavy (non-hydrogen) atoms. The molecule has 2 nitrogen and oxygen atoms in total. The lowest BCUT2D eigenvalue weighted by Gasteiger charge is -2.11. The van der Waals surface area contributed by atoms with E-state index in [-0.39, 0.29) is 5.43 Å². The van der Waals surface area contributed by atoms with E-state index in [1.54, 1.807) is 0 Å². The predicted molar refractivity (Wildman–Crippen MR) is 114 cm³/mol. The highest BCUT2D eigenvalue weighted by Gasteiger charge is 2.05. The number of nitrogens with zero attached hydrogens (tertiary/aromatic N) is 1. The number of hydrogen-bond donors (Lipinski definition) is 0. The number of hydrogen-bond acceptors (Lipinski definition) is 1. The second-order valence-electron chi connectivity index (χ2n) is 7.35. The number of aryl methyl sites for hydroxylation is 2. The third kappa shape index (κ3) is 6.48. The van der Waals surface area contributed by atoms with E-state index in [9.17, 15) is 4.79 Å². The van der Waals surface area contributed by atoms with Gasteiger partial charge in [-0.2, -0.15) is 0 Å². The number of para-hydroxylation sites is 1. The summed E-state index contributed by atoms with van der Waals surface area (Å²) in [5, 5.41) is 0.813. The lowest BCUT2D eigenvalue weighted by molar-refractivity contribution is 0.592. The Morgan fingerprint density at radius 1 is 0.885 bits per heavy atom. The number of allylic oxidation sites excluding steroid dienone is 2. The van der Waals surface area contributed by atoms with Gasteiger partial charge >= 0.3 is 0 Å². The van der Waals surface area contributed by atoms with Crippen molar-refractivity contribution in [2.45, 2.75) is 77.6 Å². The van der Waals surface area contributed by atoms with Crippen molar-refractivity contribution in [2.24, 2.45) is 7.05 Å². The first kappa shape index (κ1) is 20.5. The van der Waals surface area contributed by atoms with E-state index in [4.69, 9.17) is 0 Å². The maximum Gasteiger partial charge on any atom is 0.189 e. The number of pyridine rings is 1. The van der Waals surface area contributed by atoms with Crippen molar-refractivity contribution < 1.29 is 0 Å². The van der Waals surface area contributed by atoms with Gasteiger partial charge in [-0.25, -0.2) is 0 Å². The van der Waals surface area contributed by atoms with Gasteiger partial charge in [-0.1, -0.05) is 69.7 Å². The van der Waals surface area contributed by atoms with E-state index in [2.05, 4.69) is 30.7 Å². The standard InChI is InChI=1S/C24H35NO/c1-3-4-5-6-7-8-9-10-11-12-13-14-17-21-20-24(26)22-18-15-16-19-23(22)25(21)2/h11-12,15-16,18-20H,3-10,13-14,17H2,1-2H3/b12-11-. The molecule has 2 heteroatoms. The number of fused-ring (bicyclic) bond motifs is 1. The van der Waals surface area contributed by atoms with Crippen LogP contribution in [-0.2, 0) is 13.5 Å². The van der Waals surface area contributed by atoms with Crippen LogP contribution in [0.1, 0.15) is 76.8 Å². The molecule has 0 aliphatic heterocycles. The molecule has 0 aliphatic carbocycles. The second kappa shape index (κ2) is 11.7. The van der Waals surface area contributed by atoms with E-state index in [0.717, 1.165) is 35.9 Å². The van der Waals surface area contributed by atoms with Crippen LogP contribution in [0.2, 0.25) is 0 Å². The van der Waals surface area contributed by atoms with E-state index < -0.39 is 0 Å². The summed E-state index contributed by atoms with van der Waals surface area (Å²) >= 11 is 0. The van der Waals surface area contributed by atoms with Gasteiger partial charge in [0.15, 0.2) is 5.43 Å². The van der Waals surface area contributed by atoms with Crippen LogP contribution in [0.5, 0.6) is 0 Å². The molecule has 1 heterocycles. The van der Waals surface area contributed by atoms with Crippen LogP contribution in [0.15, 0.2) is 47.3 Å². The Hall–Kier alpha value is -1.83. The molecule has 0 saturated carbocycles. The fourth-order valence-corrected chi connectivity index (χ4v) is 3.55. The van der Waals surface area contributed by atoms with Crippen LogP contribution < -0.4 is 5.43 Å². The number of aromatic nitrogens is 1. The second-order valence-corrected chi connectivity index (χ2v) is 7.35. The van der Waals surface area contributed by atoms with Crippen molar-refractivity contribution >= 4 is 10.9 Å². The zero-order chi connectivity index (χ0) is 18.6. The first-order valence-electron chi connectivity index (χ1n) is 10.5. The van der Waals surface area contributed by atoms with Gasteiger partial charge in [0.2, 0.25) is 0 Å². The molecule has 0 unspecified atom stereocenters. The van der Waals surface area contributed by atoms with Gasteiger partial charge in [-0.3, -0.25) is 4.79 Å². The summed E-state index contributed by atoms with van der Waals surface area (Å²) in [5.41, 5.74) is 2.31. The molecule has 2 aromatic rings. The van der Waals surface area contributed by atoms with E-state index >= 15 is 0 Å². The normalized spacial score (nSPS) is 11.6. The summed E-state index contributed by atoms with van der Waals surface area (Å²) in [5.74, 6) is 0. The molecule has 0 saturated heterocycles. The lowest BCUT2D eigenvalue weighted by atomic mass is 10.1. The minimum absolute atomic E-state index is 0.142. The van der Waals surface area contributed by atoms with Crippen molar-refractivity contribution in [2.75, 3.05) is 0 Å². The Morgan fingerprint density at radius 2 is 1.54 bits per heavy atom. The van der Waals surface area contributed by atoms with Crippen molar-refractivity contribution in [3.05, 3.63) is 58.4 Å². The molecule has 0 fully saturated rings. The summed E-state index contributed by atoms with van der Waals surface area (Å²) < 4.78 is 2.17. The van der Waals surface area contributed by atoms with Gasteiger partial charge in [-0.15, -0.1) is 0 Å². The average molecular weight is 354 g/mol. The van der Waals surface area contributed by atoms with Crippen LogP contribution in [0.3, 0.4) is 0 Å². The quantitative estimate of drug-likeness (QED) is 0.313. The number of rotatable bonds is 12. The molecule has 0 aliphatic rings. The predicted octanol–water partition coefficient (Wildman–Crippen LogP) is 6.56. The largest absolute Gasteiger partial charge is 0.347 e. The van der Waals surface area contributed by atoms with Gasteiger partial charge in [0, 0.05) is 24.2 Å². The van der Waals surface area contributed by atoms with Gasteiger partial charge in [0.1, 0.15) is 0 Å². The van der Waals surface area contributed by atoms with Crippen LogP contribution in [-0.4, -0.2) is 4.57 Å². The molecule has 2 rings (SSSR count). The molecule has 0 amide bonds. The maximum absolute atomic E-state index is 12.2. The van der Waals surface area contributed by atoms with Crippen LogP contribution >= 0.6 is 0 Å². The average Bonchev–Trinajstić information content (AvgIpc) is 2.66. The fourth-order valence-electron chi connectivity index (χ4n) is 3.55. The highest BCUT2D eigenvalue weighted by molar-refractivity contribution is 5.79. The summed E-state index contributed by atoms with van der Waals surface area (Å²) in [6.45, 7) is 2.27. The van der Waals surface area contributed by atoms with E-state index in [0.29, 0.717) is 0 Å². The highest BCUT2D eigenvalue weighted by atomic mass is 16.1. The Labute approximate surface area is 158 Å². The van der Waals surface area contributed by atoms with Gasteiger partial charge in [0.05, 0.1) is 5.52 Å². The Kier molecular flexibility index (Phi) is 9.23. The molecule has 0 spiro atoms. The van der Waals surface area contributed by atoms with Gasteiger partial charge < -0.3 is 4.57 Å². The maximum atomic E-state index is 12.2. The molecule has 0 bridgehead atoms. The summed E-state index contributed by atoms with van der Waals surface area (Å²) in [4.78, 5) is 12.2. The zero-order valence-electron chi connectivity index (χ0n) is 16.7. The van der Waals surface area contributed by atoms with Crippen molar-refractivity contribution in [1.29, 1.82) is 0 Å². The Bertz CT molecular complexity index is 741. The topological polar surface area (TPSA) is 22.0 Å². The monoisotopic (exact) mass is 353 g/mol. The third-order valence-corrected chi connectivity index (χ3v) is 5.20. The summed E-state index contributed by atoms with van der Waals surface area (Å²) in [7, 11) is 2.06. The lowest BCUT2D eigenvalue weighted by Crippen LogP contribution is -2.11. The van der Waals surface area contributed by atoms with Gasteiger partial charge in [0.25, 0.3) is 0 Å².